The molecule has 2 aromatic rings. The Labute approximate surface area is 151 Å². The molecule has 0 saturated carbocycles. The molecule has 1 N–H and O–H groups in total. The van der Waals surface area contributed by atoms with Gasteiger partial charge in [0, 0.05) is 28.4 Å². The number of benzene rings is 2. The molecule has 1 aliphatic rings. The van der Waals surface area contributed by atoms with Gasteiger partial charge in [-0.1, -0.05) is 17.7 Å². The van der Waals surface area contributed by atoms with Crippen LogP contribution in [0.15, 0.2) is 48.5 Å². The maximum Gasteiger partial charge on any atom is 0.255 e. The van der Waals surface area contributed by atoms with Crippen LogP contribution in [0.4, 0.5) is 5.69 Å². The van der Waals surface area contributed by atoms with Crippen LogP contribution in [0.5, 0.6) is 0 Å². The van der Waals surface area contributed by atoms with Crippen LogP contribution in [-0.2, 0) is 4.74 Å². The minimum Gasteiger partial charge on any atom is -0.377 e. The van der Waals surface area contributed by atoms with E-state index in [1.165, 1.54) is 0 Å². The van der Waals surface area contributed by atoms with Crippen molar-refractivity contribution in [2.75, 3.05) is 25.1 Å². The smallest absolute Gasteiger partial charge is 0.255 e. The minimum atomic E-state index is -0.247. The first-order chi connectivity index (χ1) is 12.0. The molecule has 6 heteroatoms. The van der Waals surface area contributed by atoms with Gasteiger partial charge in [-0.2, -0.15) is 0 Å². The summed E-state index contributed by atoms with van der Waals surface area (Å²) in [4.78, 5) is 26.6. The van der Waals surface area contributed by atoms with Crippen LogP contribution in [0.1, 0.15) is 27.6 Å². The largest absolute Gasteiger partial charge is 0.377 e. The van der Waals surface area contributed by atoms with Gasteiger partial charge >= 0.3 is 0 Å². The number of nitrogens with one attached hydrogen (secondary N) is 1. The maximum absolute atomic E-state index is 12.6. The zero-order chi connectivity index (χ0) is 17.8. The predicted octanol–water partition coefficient (Wildman–Crippen LogP) is 3.45. The molecular weight excluding hydrogens is 340 g/mol. The molecule has 25 heavy (non-hydrogen) atoms. The third kappa shape index (κ3) is 4.18. The van der Waals surface area contributed by atoms with E-state index in [-0.39, 0.29) is 17.9 Å². The lowest BCUT2D eigenvalue weighted by molar-refractivity contribution is 0.00359. The number of carbonyl (C=O) groups is 2. The molecule has 3 rings (SSSR count). The van der Waals surface area contributed by atoms with Gasteiger partial charge in [0.05, 0.1) is 19.3 Å². The molecule has 1 unspecified atom stereocenters. The first-order valence-electron chi connectivity index (χ1n) is 8.10. The number of hydrogen-bond donors (Lipinski definition) is 1. The molecule has 2 aromatic carbocycles. The first-order valence-corrected chi connectivity index (χ1v) is 8.48. The van der Waals surface area contributed by atoms with E-state index in [4.69, 9.17) is 16.3 Å². The molecule has 0 aliphatic carbocycles. The van der Waals surface area contributed by atoms with Crippen LogP contribution in [0, 0.1) is 0 Å². The summed E-state index contributed by atoms with van der Waals surface area (Å²) in [6.07, 6.45) is 0. The third-order valence-electron chi connectivity index (χ3n) is 4.11. The van der Waals surface area contributed by atoms with Crippen LogP contribution in [0.25, 0.3) is 0 Å². The van der Waals surface area contributed by atoms with Gasteiger partial charge in [-0.3, -0.25) is 9.59 Å². The molecule has 1 atom stereocenters. The van der Waals surface area contributed by atoms with Crippen molar-refractivity contribution in [1.29, 1.82) is 0 Å². The number of halogens is 1. The van der Waals surface area contributed by atoms with Crippen molar-refractivity contribution in [3.63, 3.8) is 0 Å². The molecule has 1 fully saturated rings. The number of nitrogens with zero attached hydrogens (tertiary/aromatic N) is 1. The summed E-state index contributed by atoms with van der Waals surface area (Å²) in [5.74, 6) is -0.271. The second-order valence-corrected chi connectivity index (χ2v) is 6.40. The predicted molar refractivity (Wildman–Crippen MR) is 97.2 cm³/mol. The van der Waals surface area contributed by atoms with Gasteiger partial charge in [0.25, 0.3) is 11.8 Å². The normalized spacial score (nSPS) is 17.2. The number of carbonyl (C=O) groups excluding carboxylic acids is 2. The second kappa shape index (κ2) is 7.68. The Morgan fingerprint density at radius 1 is 1.16 bits per heavy atom. The van der Waals surface area contributed by atoms with Gasteiger partial charge < -0.3 is 15.0 Å². The summed E-state index contributed by atoms with van der Waals surface area (Å²) in [5.41, 5.74) is 1.70. The van der Waals surface area contributed by atoms with Crippen molar-refractivity contribution >= 4 is 29.1 Å². The zero-order valence-corrected chi connectivity index (χ0v) is 14.6. The molecule has 0 radical (unpaired) electrons. The Hall–Kier alpha value is -2.37. The zero-order valence-electron chi connectivity index (χ0n) is 13.9. The van der Waals surface area contributed by atoms with E-state index >= 15 is 0 Å². The Kier molecular flexibility index (Phi) is 5.36. The van der Waals surface area contributed by atoms with Crippen molar-refractivity contribution in [2.45, 2.75) is 13.0 Å². The number of hydrogen-bond acceptors (Lipinski definition) is 3. The van der Waals surface area contributed by atoms with Gasteiger partial charge in [0.1, 0.15) is 0 Å². The Morgan fingerprint density at radius 3 is 2.60 bits per heavy atom. The van der Waals surface area contributed by atoms with Crippen molar-refractivity contribution < 1.29 is 14.3 Å². The SMILES string of the molecule is CC1COCCN1C(=O)c1ccc(NC(=O)c2cccc(Cl)c2)cc1. The summed E-state index contributed by atoms with van der Waals surface area (Å²) in [6.45, 7) is 3.67. The van der Waals surface area contributed by atoms with E-state index in [0.717, 1.165) is 0 Å². The molecule has 0 aromatic heterocycles. The van der Waals surface area contributed by atoms with Crippen LogP contribution < -0.4 is 5.32 Å². The van der Waals surface area contributed by atoms with Crippen LogP contribution in [0.3, 0.4) is 0 Å². The van der Waals surface area contributed by atoms with E-state index in [0.29, 0.717) is 41.6 Å². The quantitative estimate of drug-likeness (QED) is 0.914. The maximum atomic E-state index is 12.6. The highest BCUT2D eigenvalue weighted by molar-refractivity contribution is 6.31. The van der Waals surface area contributed by atoms with Gasteiger partial charge in [-0.05, 0) is 49.4 Å². The highest BCUT2D eigenvalue weighted by Gasteiger charge is 2.24. The fourth-order valence-electron chi connectivity index (χ4n) is 2.72. The van der Waals surface area contributed by atoms with Crippen molar-refractivity contribution in [1.82, 2.24) is 4.90 Å². The minimum absolute atomic E-state index is 0.0245. The van der Waals surface area contributed by atoms with Gasteiger partial charge in [-0.15, -0.1) is 0 Å². The van der Waals surface area contributed by atoms with Crippen molar-refractivity contribution in [3.05, 3.63) is 64.7 Å². The van der Waals surface area contributed by atoms with Gasteiger partial charge in [0.2, 0.25) is 0 Å². The average molecular weight is 359 g/mol. The molecule has 1 saturated heterocycles. The number of morpholine rings is 1. The van der Waals surface area contributed by atoms with E-state index in [1.807, 2.05) is 11.8 Å². The highest BCUT2D eigenvalue weighted by Crippen LogP contribution is 2.17. The fourth-order valence-corrected chi connectivity index (χ4v) is 2.91. The topological polar surface area (TPSA) is 58.6 Å². The summed E-state index contributed by atoms with van der Waals surface area (Å²) in [7, 11) is 0. The highest BCUT2D eigenvalue weighted by atomic mass is 35.5. The number of amides is 2. The Bertz CT molecular complexity index is 776. The van der Waals surface area contributed by atoms with Crippen LogP contribution in [0.2, 0.25) is 5.02 Å². The van der Waals surface area contributed by atoms with E-state index < -0.39 is 0 Å². The molecule has 2 amide bonds. The van der Waals surface area contributed by atoms with Gasteiger partial charge in [-0.25, -0.2) is 0 Å². The lowest BCUT2D eigenvalue weighted by Gasteiger charge is -2.33. The van der Waals surface area contributed by atoms with E-state index in [1.54, 1.807) is 48.5 Å². The summed E-state index contributed by atoms with van der Waals surface area (Å²) >= 11 is 5.90. The lowest BCUT2D eigenvalue weighted by atomic mass is 10.1. The number of anilines is 1. The summed E-state index contributed by atoms with van der Waals surface area (Å²) in [6, 6.07) is 13.7. The van der Waals surface area contributed by atoms with E-state index in [9.17, 15) is 9.59 Å². The first kappa shape index (κ1) is 17.5. The number of rotatable bonds is 3. The monoisotopic (exact) mass is 358 g/mol. The molecule has 1 aliphatic heterocycles. The Morgan fingerprint density at radius 2 is 1.92 bits per heavy atom. The molecule has 0 spiro atoms. The molecular formula is C19H19ClN2O3. The second-order valence-electron chi connectivity index (χ2n) is 5.96. The lowest BCUT2D eigenvalue weighted by Crippen LogP contribution is -2.47. The van der Waals surface area contributed by atoms with Crippen molar-refractivity contribution in [3.8, 4) is 0 Å². The van der Waals surface area contributed by atoms with Crippen LogP contribution >= 0.6 is 11.6 Å². The third-order valence-corrected chi connectivity index (χ3v) is 4.34. The van der Waals surface area contributed by atoms with Gasteiger partial charge in [0.15, 0.2) is 0 Å². The standard InChI is InChI=1S/C19H19ClN2O3/c1-13-12-25-10-9-22(13)19(24)14-5-7-17(8-6-14)21-18(23)15-3-2-4-16(20)11-15/h2-8,11,13H,9-10,12H2,1H3,(H,21,23). The molecule has 1 heterocycles. The number of ether oxygens (including phenoxy) is 1. The average Bonchev–Trinajstić information content (AvgIpc) is 2.62. The summed E-state index contributed by atoms with van der Waals surface area (Å²) < 4.78 is 5.36. The molecule has 130 valence electrons. The fraction of sp³-hybridized carbons (Fsp3) is 0.263. The summed E-state index contributed by atoms with van der Waals surface area (Å²) in [5, 5.41) is 3.31. The van der Waals surface area contributed by atoms with Crippen molar-refractivity contribution in [2.24, 2.45) is 0 Å². The van der Waals surface area contributed by atoms with Crippen LogP contribution in [-0.4, -0.2) is 42.5 Å². The molecule has 0 bridgehead atoms. The Balaban J connectivity index is 1.67. The van der Waals surface area contributed by atoms with E-state index in [2.05, 4.69) is 5.32 Å². The molecule has 5 nitrogen and oxygen atoms in total.